The Morgan fingerprint density at radius 1 is 1.64 bits per heavy atom. The molecule has 2 unspecified atom stereocenters. The Balaban J connectivity index is 2.72. The molecule has 80 valence electrons. The van der Waals surface area contributed by atoms with Gasteiger partial charge < -0.3 is 10.8 Å². The van der Waals surface area contributed by atoms with Gasteiger partial charge in [-0.05, 0) is 19.0 Å². The van der Waals surface area contributed by atoms with Crippen LogP contribution in [0.4, 0.5) is 0 Å². The van der Waals surface area contributed by atoms with Gasteiger partial charge in [-0.1, -0.05) is 13.3 Å². The van der Waals surface area contributed by atoms with Crippen molar-refractivity contribution in [1.29, 1.82) is 0 Å². The van der Waals surface area contributed by atoms with Crippen molar-refractivity contribution in [2.45, 2.75) is 25.9 Å². The number of rotatable bonds is 5. The normalized spacial score (nSPS) is 15.4. The molecule has 0 saturated carbocycles. The maximum atomic E-state index is 10.0. The summed E-state index contributed by atoms with van der Waals surface area (Å²) >= 11 is 0. The highest BCUT2D eigenvalue weighted by Gasteiger charge is 2.20. The fraction of sp³-hybridized carbons (Fsp3) is 0.700. The van der Waals surface area contributed by atoms with Crippen molar-refractivity contribution in [1.82, 2.24) is 9.78 Å². The van der Waals surface area contributed by atoms with Crippen LogP contribution in [0.1, 0.15) is 31.6 Å². The Morgan fingerprint density at radius 3 is 2.79 bits per heavy atom. The van der Waals surface area contributed by atoms with E-state index in [9.17, 15) is 5.11 Å². The first kappa shape index (κ1) is 11.2. The third kappa shape index (κ3) is 2.33. The summed E-state index contributed by atoms with van der Waals surface area (Å²) in [5.41, 5.74) is 6.47. The minimum Gasteiger partial charge on any atom is -0.386 e. The predicted molar refractivity (Wildman–Crippen MR) is 55.6 cm³/mol. The molecule has 0 aliphatic carbocycles. The summed E-state index contributed by atoms with van der Waals surface area (Å²) in [6.45, 7) is 2.61. The molecule has 0 spiro atoms. The van der Waals surface area contributed by atoms with Gasteiger partial charge in [0.05, 0.1) is 11.8 Å². The van der Waals surface area contributed by atoms with Gasteiger partial charge in [-0.3, -0.25) is 4.68 Å². The van der Waals surface area contributed by atoms with E-state index in [0.717, 1.165) is 18.5 Å². The molecular formula is C10H19N3O. The third-order valence-corrected chi connectivity index (χ3v) is 2.57. The molecule has 4 heteroatoms. The number of aliphatic hydroxyl groups is 1. The van der Waals surface area contributed by atoms with Crippen LogP contribution in [-0.2, 0) is 7.05 Å². The zero-order valence-electron chi connectivity index (χ0n) is 8.85. The Kier molecular flexibility index (Phi) is 4.10. The molecule has 0 aliphatic heterocycles. The van der Waals surface area contributed by atoms with Crippen molar-refractivity contribution in [2.75, 3.05) is 6.54 Å². The molecule has 1 aromatic rings. The number of aryl methyl sites for hydroxylation is 1. The smallest absolute Gasteiger partial charge is 0.0996 e. The average Bonchev–Trinajstić information content (AvgIpc) is 2.59. The Labute approximate surface area is 84.7 Å². The number of aromatic nitrogens is 2. The summed E-state index contributed by atoms with van der Waals surface area (Å²) in [6.07, 6.45) is 3.19. The lowest BCUT2D eigenvalue weighted by atomic mass is 9.95. The molecule has 0 bridgehead atoms. The van der Waals surface area contributed by atoms with Gasteiger partial charge in [0.2, 0.25) is 0 Å². The molecule has 1 rings (SSSR count). The van der Waals surface area contributed by atoms with Gasteiger partial charge in [-0.15, -0.1) is 0 Å². The van der Waals surface area contributed by atoms with Gasteiger partial charge >= 0.3 is 0 Å². The maximum Gasteiger partial charge on any atom is 0.0996 e. The summed E-state index contributed by atoms with van der Waals surface area (Å²) < 4.78 is 1.70. The van der Waals surface area contributed by atoms with E-state index >= 15 is 0 Å². The van der Waals surface area contributed by atoms with Gasteiger partial charge in [0.25, 0.3) is 0 Å². The molecule has 0 fully saturated rings. The quantitative estimate of drug-likeness (QED) is 0.734. The van der Waals surface area contributed by atoms with Gasteiger partial charge in [-0.2, -0.15) is 5.10 Å². The molecule has 0 aromatic carbocycles. The summed E-state index contributed by atoms with van der Waals surface area (Å²) in [7, 11) is 1.83. The van der Waals surface area contributed by atoms with Gasteiger partial charge in [-0.25, -0.2) is 0 Å². The highest BCUT2D eigenvalue weighted by Crippen LogP contribution is 2.24. The van der Waals surface area contributed by atoms with Crippen molar-refractivity contribution >= 4 is 0 Å². The van der Waals surface area contributed by atoms with Crippen LogP contribution in [0, 0.1) is 5.92 Å². The van der Waals surface area contributed by atoms with Gasteiger partial charge in [0.1, 0.15) is 0 Å². The minimum absolute atomic E-state index is 0.135. The highest BCUT2D eigenvalue weighted by atomic mass is 16.3. The van der Waals surface area contributed by atoms with Gasteiger partial charge in [0, 0.05) is 19.2 Å². The molecule has 3 N–H and O–H groups in total. The molecule has 2 atom stereocenters. The molecule has 0 saturated heterocycles. The van der Waals surface area contributed by atoms with Crippen molar-refractivity contribution in [3.05, 3.63) is 18.0 Å². The lowest BCUT2D eigenvalue weighted by molar-refractivity contribution is 0.0986. The first-order valence-corrected chi connectivity index (χ1v) is 5.06. The molecule has 0 radical (unpaired) electrons. The topological polar surface area (TPSA) is 64.1 Å². The minimum atomic E-state index is -0.493. The van der Waals surface area contributed by atoms with E-state index < -0.39 is 6.10 Å². The molecule has 14 heavy (non-hydrogen) atoms. The van der Waals surface area contributed by atoms with Crippen LogP contribution in [0.3, 0.4) is 0 Å². The lowest BCUT2D eigenvalue weighted by Gasteiger charge is -2.20. The van der Waals surface area contributed by atoms with E-state index in [1.807, 2.05) is 13.1 Å². The number of hydrogen-bond donors (Lipinski definition) is 2. The zero-order valence-corrected chi connectivity index (χ0v) is 8.85. The number of nitrogens with two attached hydrogens (primary N) is 1. The average molecular weight is 197 g/mol. The Morgan fingerprint density at radius 2 is 2.36 bits per heavy atom. The van der Waals surface area contributed by atoms with Crippen molar-refractivity contribution in [3.8, 4) is 0 Å². The van der Waals surface area contributed by atoms with Crippen LogP contribution in [0.5, 0.6) is 0 Å². The van der Waals surface area contributed by atoms with Crippen LogP contribution in [0.2, 0.25) is 0 Å². The zero-order chi connectivity index (χ0) is 10.6. The van der Waals surface area contributed by atoms with Crippen molar-refractivity contribution < 1.29 is 5.11 Å². The molecule has 4 nitrogen and oxygen atoms in total. The maximum absolute atomic E-state index is 10.0. The standard InChI is InChI=1S/C10H19N3O/c1-3-4-8(7-11)10(14)9-5-6-12-13(9)2/h5-6,8,10,14H,3-4,7,11H2,1-2H3. The second-order valence-electron chi connectivity index (χ2n) is 3.61. The fourth-order valence-corrected chi connectivity index (χ4v) is 1.69. The van der Waals surface area contributed by atoms with E-state index in [1.165, 1.54) is 0 Å². The van der Waals surface area contributed by atoms with Crippen LogP contribution in [-0.4, -0.2) is 21.4 Å². The molecule has 1 aromatic heterocycles. The van der Waals surface area contributed by atoms with Crippen molar-refractivity contribution in [3.63, 3.8) is 0 Å². The SMILES string of the molecule is CCCC(CN)C(O)c1ccnn1C. The monoisotopic (exact) mass is 197 g/mol. The first-order valence-electron chi connectivity index (χ1n) is 5.06. The second-order valence-corrected chi connectivity index (χ2v) is 3.61. The molecular weight excluding hydrogens is 178 g/mol. The van der Waals surface area contributed by atoms with Crippen LogP contribution in [0.25, 0.3) is 0 Å². The lowest BCUT2D eigenvalue weighted by Crippen LogP contribution is -2.23. The van der Waals surface area contributed by atoms with Crippen molar-refractivity contribution in [2.24, 2.45) is 18.7 Å². The van der Waals surface area contributed by atoms with E-state index in [0.29, 0.717) is 6.54 Å². The third-order valence-electron chi connectivity index (χ3n) is 2.57. The molecule has 0 aliphatic rings. The fourth-order valence-electron chi connectivity index (χ4n) is 1.69. The molecule has 0 amide bonds. The second kappa shape index (κ2) is 5.12. The molecule has 1 heterocycles. The summed E-state index contributed by atoms with van der Waals surface area (Å²) in [5, 5.41) is 14.1. The Hall–Kier alpha value is -0.870. The van der Waals surface area contributed by atoms with Crippen LogP contribution >= 0.6 is 0 Å². The van der Waals surface area contributed by atoms with E-state index in [2.05, 4.69) is 12.0 Å². The largest absolute Gasteiger partial charge is 0.386 e. The highest BCUT2D eigenvalue weighted by molar-refractivity contribution is 5.05. The summed E-state index contributed by atoms with van der Waals surface area (Å²) in [6, 6.07) is 1.84. The van der Waals surface area contributed by atoms with Gasteiger partial charge in [0.15, 0.2) is 0 Å². The summed E-state index contributed by atoms with van der Waals surface area (Å²) in [4.78, 5) is 0. The predicted octanol–water partition coefficient (Wildman–Crippen LogP) is 0.829. The number of nitrogens with zero attached hydrogens (tertiary/aromatic N) is 2. The Bertz CT molecular complexity index is 272. The number of hydrogen-bond acceptors (Lipinski definition) is 3. The summed E-state index contributed by atoms with van der Waals surface area (Å²) in [5.74, 6) is 0.135. The van der Waals surface area contributed by atoms with E-state index in [4.69, 9.17) is 5.73 Å². The first-order chi connectivity index (χ1) is 6.70. The number of aliphatic hydroxyl groups excluding tert-OH is 1. The van der Waals surface area contributed by atoms with E-state index in [-0.39, 0.29) is 5.92 Å². The van der Waals surface area contributed by atoms with E-state index in [1.54, 1.807) is 10.9 Å². The van der Waals surface area contributed by atoms with Crippen LogP contribution < -0.4 is 5.73 Å². The van der Waals surface area contributed by atoms with Crippen LogP contribution in [0.15, 0.2) is 12.3 Å².